The lowest BCUT2D eigenvalue weighted by Gasteiger charge is -2.12. The zero-order valence-corrected chi connectivity index (χ0v) is 9.39. The topological polar surface area (TPSA) is 17.1 Å². The van der Waals surface area contributed by atoms with Gasteiger partial charge in [-0.3, -0.25) is 0 Å². The second kappa shape index (κ2) is 4.95. The molecule has 0 aliphatic rings. The number of rotatable bonds is 3. The van der Waals surface area contributed by atoms with Crippen LogP contribution in [-0.2, 0) is 4.79 Å². The van der Waals surface area contributed by atoms with E-state index in [9.17, 15) is 4.79 Å². The lowest BCUT2D eigenvalue weighted by Crippen LogP contribution is -2.02. The second-order valence-corrected chi connectivity index (χ2v) is 3.95. The molecule has 1 atom stereocenters. The van der Waals surface area contributed by atoms with E-state index in [-0.39, 0.29) is 5.92 Å². The first-order valence-corrected chi connectivity index (χ1v) is 5.45. The molecule has 80 valence electrons. The van der Waals surface area contributed by atoms with E-state index >= 15 is 0 Å². The van der Waals surface area contributed by atoms with Crippen LogP contribution in [0.1, 0.15) is 17.0 Å². The first-order valence-electron chi connectivity index (χ1n) is 5.07. The molecule has 0 unspecified atom stereocenters. The molecule has 1 nitrogen and oxygen atoms in total. The number of carbonyl (C=O) groups excluding carboxylic acids is 1. The van der Waals surface area contributed by atoms with Crippen molar-refractivity contribution in [3.8, 4) is 0 Å². The summed E-state index contributed by atoms with van der Waals surface area (Å²) in [6.07, 6.45) is 0.927. The van der Waals surface area contributed by atoms with Crippen molar-refractivity contribution in [1.82, 2.24) is 0 Å². The van der Waals surface area contributed by atoms with Gasteiger partial charge in [-0.25, -0.2) is 0 Å². The van der Waals surface area contributed by atoms with Crippen molar-refractivity contribution in [3.05, 3.63) is 70.7 Å². The lowest BCUT2D eigenvalue weighted by molar-refractivity contribution is -0.108. The molecule has 0 aromatic heterocycles. The number of aldehydes is 1. The monoisotopic (exact) mass is 230 g/mol. The molecular weight excluding hydrogens is 220 g/mol. The summed E-state index contributed by atoms with van der Waals surface area (Å²) in [5.41, 5.74) is 1.82. The maximum Gasteiger partial charge on any atom is 0.131 e. The summed E-state index contributed by atoms with van der Waals surface area (Å²) >= 11 is 6.09. The van der Waals surface area contributed by atoms with E-state index in [1.807, 2.05) is 48.5 Å². The van der Waals surface area contributed by atoms with Gasteiger partial charge in [0.2, 0.25) is 0 Å². The van der Waals surface area contributed by atoms with Gasteiger partial charge in [-0.15, -0.1) is 0 Å². The van der Waals surface area contributed by atoms with Crippen LogP contribution in [-0.4, -0.2) is 6.29 Å². The molecule has 0 saturated carbocycles. The third-order valence-corrected chi connectivity index (χ3v) is 2.88. The predicted octanol–water partition coefficient (Wildman–Crippen LogP) is 3.67. The third kappa shape index (κ3) is 2.15. The van der Waals surface area contributed by atoms with Gasteiger partial charge in [0.1, 0.15) is 6.29 Å². The van der Waals surface area contributed by atoms with Crippen LogP contribution in [0.2, 0.25) is 5.02 Å². The van der Waals surface area contributed by atoms with E-state index < -0.39 is 0 Å². The Hall–Kier alpha value is -1.60. The first kappa shape index (κ1) is 10.9. The summed E-state index contributed by atoms with van der Waals surface area (Å²) in [5, 5.41) is 0.628. The Balaban J connectivity index is 2.45. The maximum absolute atomic E-state index is 11.2. The number of halogens is 1. The largest absolute Gasteiger partial charge is 0.302 e. The maximum atomic E-state index is 11.2. The van der Waals surface area contributed by atoms with Gasteiger partial charge in [0.25, 0.3) is 0 Å². The van der Waals surface area contributed by atoms with Gasteiger partial charge in [0.15, 0.2) is 0 Å². The van der Waals surface area contributed by atoms with E-state index in [0.29, 0.717) is 5.02 Å². The van der Waals surface area contributed by atoms with Crippen molar-refractivity contribution in [2.45, 2.75) is 5.92 Å². The van der Waals surface area contributed by atoms with Crippen LogP contribution in [0.5, 0.6) is 0 Å². The molecule has 0 aliphatic carbocycles. The molecule has 0 N–H and O–H groups in total. The number of carbonyl (C=O) groups is 1. The Morgan fingerprint density at radius 2 is 1.56 bits per heavy atom. The Morgan fingerprint density at radius 1 is 0.938 bits per heavy atom. The van der Waals surface area contributed by atoms with Crippen LogP contribution < -0.4 is 0 Å². The minimum Gasteiger partial charge on any atom is -0.302 e. The fraction of sp³-hybridized carbons (Fsp3) is 0.0714. The third-order valence-electron chi connectivity index (χ3n) is 2.54. The molecule has 0 amide bonds. The number of hydrogen-bond acceptors (Lipinski definition) is 1. The van der Waals surface area contributed by atoms with E-state index in [2.05, 4.69) is 0 Å². The van der Waals surface area contributed by atoms with Crippen LogP contribution in [0, 0.1) is 0 Å². The molecular formula is C14H11ClO. The highest BCUT2D eigenvalue weighted by molar-refractivity contribution is 6.31. The number of benzene rings is 2. The van der Waals surface area contributed by atoms with Gasteiger partial charge >= 0.3 is 0 Å². The molecule has 0 saturated heterocycles. The highest BCUT2D eigenvalue weighted by Crippen LogP contribution is 2.28. The van der Waals surface area contributed by atoms with Gasteiger partial charge in [-0.1, -0.05) is 60.1 Å². The molecule has 0 radical (unpaired) electrons. The van der Waals surface area contributed by atoms with Crippen molar-refractivity contribution < 1.29 is 4.79 Å². The molecule has 0 aliphatic heterocycles. The molecule has 0 spiro atoms. The summed E-state index contributed by atoms with van der Waals surface area (Å²) in [7, 11) is 0. The standard InChI is InChI=1S/C14H11ClO/c15-14-9-5-4-8-12(14)13(10-16)11-6-2-1-3-7-11/h1-10,13H/t13-/m0/s1. The van der Waals surface area contributed by atoms with Crippen LogP contribution in [0.4, 0.5) is 0 Å². The van der Waals surface area contributed by atoms with Gasteiger partial charge in [-0.2, -0.15) is 0 Å². The second-order valence-electron chi connectivity index (χ2n) is 3.55. The molecule has 2 heteroatoms. The average Bonchev–Trinajstić information content (AvgIpc) is 2.34. The first-order chi connectivity index (χ1) is 7.83. The Labute approximate surface area is 99.7 Å². The Bertz CT molecular complexity index is 479. The van der Waals surface area contributed by atoms with Crippen molar-refractivity contribution in [3.63, 3.8) is 0 Å². The van der Waals surface area contributed by atoms with Crippen molar-refractivity contribution in [2.24, 2.45) is 0 Å². The van der Waals surface area contributed by atoms with Crippen molar-refractivity contribution >= 4 is 17.9 Å². The normalized spacial score (nSPS) is 12.1. The molecule has 2 aromatic rings. The highest BCUT2D eigenvalue weighted by atomic mass is 35.5. The SMILES string of the molecule is O=C[C@@H](c1ccccc1)c1ccccc1Cl. The zero-order valence-electron chi connectivity index (χ0n) is 8.64. The van der Waals surface area contributed by atoms with E-state index in [1.54, 1.807) is 6.07 Å². The Morgan fingerprint density at radius 3 is 2.19 bits per heavy atom. The number of hydrogen-bond donors (Lipinski definition) is 0. The van der Waals surface area contributed by atoms with Crippen molar-refractivity contribution in [1.29, 1.82) is 0 Å². The van der Waals surface area contributed by atoms with Crippen LogP contribution in [0.15, 0.2) is 54.6 Å². The summed E-state index contributed by atoms with van der Waals surface area (Å²) in [4.78, 5) is 11.2. The quantitative estimate of drug-likeness (QED) is 0.736. The zero-order chi connectivity index (χ0) is 11.4. The minimum absolute atomic E-state index is 0.283. The average molecular weight is 231 g/mol. The van der Waals surface area contributed by atoms with Gasteiger partial charge in [0, 0.05) is 5.02 Å². The molecule has 2 rings (SSSR count). The smallest absolute Gasteiger partial charge is 0.131 e. The minimum atomic E-state index is -0.283. The summed E-state index contributed by atoms with van der Waals surface area (Å²) < 4.78 is 0. The van der Waals surface area contributed by atoms with Crippen LogP contribution >= 0.6 is 11.6 Å². The van der Waals surface area contributed by atoms with E-state index in [4.69, 9.17) is 11.6 Å². The van der Waals surface area contributed by atoms with Gasteiger partial charge < -0.3 is 4.79 Å². The van der Waals surface area contributed by atoms with Crippen molar-refractivity contribution in [2.75, 3.05) is 0 Å². The van der Waals surface area contributed by atoms with Crippen LogP contribution in [0.25, 0.3) is 0 Å². The fourth-order valence-corrected chi connectivity index (χ4v) is 1.97. The summed E-state index contributed by atoms with van der Waals surface area (Å²) in [6.45, 7) is 0. The van der Waals surface area contributed by atoms with E-state index in [0.717, 1.165) is 17.4 Å². The fourth-order valence-electron chi connectivity index (χ4n) is 1.72. The van der Waals surface area contributed by atoms with E-state index in [1.165, 1.54) is 0 Å². The molecule has 0 heterocycles. The highest BCUT2D eigenvalue weighted by Gasteiger charge is 2.15. The Kier molecular flexibility index (Phi) is 3.37. The summed E-state index contributed by atoms with van der Waals surface area (Å²) in [5.74, 6) is -0.283. The van der Waals surface area contributed by atoms with Gasteiger partial charge in [0.05, 0.1) is 5.92 Å². The predicted molar refractivity (Wildman–Crippen MR) is 65.8 cm³/mol. The summed E-state index contributed by atoms with van der Waals surface area (Å²) in [6, 6.07) is 17.1. The molecule has 16 heavy (non-hydrogen) atoms. The van der Waals surface area contributed by atoms with Crippen LogP contribution in [0.3, 0.4) is 0 Å². The molecule has 0 fully saturated rings. The van der Waals surface area contributed by atoms with Gasteiger partial charge in [-0.05, 0) is 17.2 Å². The lowest BCUT2D eigenvalue weighted by atomic mass is 9.93. The molecule has 0 bridgehead atoms. The molecule has 2 aromatic carbocycles.